The molecule has 0 N–H and O–H groups in total. The lowest BCUT2D eigenvalue weighted by atomic mass is 10.1. The first kappa shape index (κ1) is 17.1. The molecule has 24 heavy (non-hydrogen) atoms. The Morgan fingerprint density at radius 1 is 1.17 bits per heavy atom. The summed E-state index contributed by atoms with van der Waals surface area (Å²) in [7, 11) is -3.14. The molecule has 1 saturated heterocycles. The Morgan fingerprint density at radius 2 is 1.88 bits per heavy atom. The standard InChI is InChI=1S/C16H19ClN4O2S/c1-12-4-3-5-18-16(12)13-10-15(19-11-14(13)17)20-6-8-21(9-7-20)24(2,22)23/h3-5,10-11H,6-9H2,1-2H3. The largest absolute Gasteiger partial charge is 0.354 e. The number of hydrogen-bond donors (Lipinski definition) is 0. The number of aryl methyl sites for hydroxylation is 1. The van der Waals surface area contributed by atoms with Gasteiger partial charge in [-0.25, -0.2) is 13.4 Å². The molecular formula is C16H19ClN4O2S. The van der Waals surface area contributed by atoms with Gasteiger partial charge in [0, 0.05) is 44.1 Å². The molecule has 0 amide bonds. The van der Waals surface area contributed by atoms with Crippen LogP contribution in [0.15, 0.2) is 30.6 Å². The summed E-state index contributed by atoms with van der Waals surface area (Å²) < 4.78 is 24.7. The summed E-state index contributed by atoms with van der Waals surface area (Å²) in [5.41, 5.74) is 2.71. The molecule has 0 spiro atoms. The fourth-order valence-corrected chi connectivity index (χ4v) is 3.82. The molecule has 0 aromatic carbocycles. The maximum absolute atomic E-state index is 11.6. The number of aromatic nitrogens is 2. The van der Waals surface area contributed by atoms with Crippen molar-refractivity contribution >= 4 is 27.4 Å². The SMILES string of the molecule is Cc1cccnc1-c1cc(N2CCN(S(C)(=O)=O)CC2)ncc1Cl. The monoisotopic (exact) mass is 366 g/mol. The van der Waals surface area contributed by atoms with E-state index in [0.717, 1.165) is 22.6 Å². The minimum absolute atomic E-state index is 0.459. The van der Waals surface area contributed by atoms with Crippen molar-refractivity contribution in [2.45, 2.75) is 6.92 Å². The van der Waals surface area contributed by atoms with E-state index in [-0.39, 0.29) is 0 Å². The minimum atomic E-state index is -3.14. The molecule has 1 aliphatic heterocycles. The van der Waals surface area contributed by atoms with E-state index in [9.17, 15) is 8.42 Å². The average Bonchev–Trinajstić information content (AvgIpc) is 2.55. The Balaban J connectivity index is 1.87. The number of halogens is 1. The third-order valence-electron chi connectivity index (χ3n) is 4.14. The van der Waals surface area contributed by atoms with Crippen LogP contribution in [-0.2, 0) is 10.0 Å². The molecule has 8 heteroatoms. The first-order valence-electron chi connectivity index (χ1n) is 7.64. The summed E-state index contributed by atoms with van der Waals surface area (Å²) >= 11 is 6.32. The summed E-state index contributed by atoms with van der Waals surface area (Å²) in [6.45, 7) is 4.11. The Bertz CT molecular complexity index is 849. The van der Waals surface area contributed by atoms with Crippen molar-refractivity contribution in [3.8, 4) is 11.3 Å². The van der Waals surface area contributed by atoms with Gasteiger partial charge in [-0.1, -0.05) is 17.7 Å². The van der Waals surface area contributed by atoms with Crippen LogP contribution < -0.4 is 4.90 Å². The lowest BCUT2D eigenvalue weighted by molar-refractivity contribution is 0.387. The Hall–Kier alpha value is -1.70. The molecule has 0 radical (unpaired) electrons. The van der Waals surface area contributed by atoms with Crippen LogP contribution in [0.4, 0.5) is 5.82 Å². The van der Waals surface area contributed by atoms with E-state index in [1.165, 1.54) is 10.6 Å². The number of pyridine rings is 2. The van der Waals surface area contributed by atoms with E-state index in [0.29, 0.717) is 31.2 Å². The van der Waals surface area contributed by atoms with Crippen LogP contribution in [0.2, 0.25) is 5.02 Å². The fourth-order valence-electron chi connectivity index (χ4n) is 2.80. The highest BCUT2D eigenvalue weighted by molar-refractivity contribution is 7.88. The van der Waals surface area contributed by atoms with Crippen molar-refractivity contribution < 1.29 is 8.42 Å². The molecular weight excluding hydrogens is 348 g/mol. The molecule has 128 valence electrons. The van der Waals surface area contributed by atoms with Crippen LogP contribution in [0.1, 0.15) is 5.56 Å². The second-order valence-electron chi connectivity index (χ2n) is 5.84. The summed E-state index contributed by atoms with van der Waals surface area (Å²) in [5, 5.41) is 0.551. The van der Waals surface area contributed by atoms with Crippen LogP contribution in [-0.4, -0.2) is 55.1 Å². The zero-order valence-electron chi connectivity index (χ0n) is 13.6. The third-order valence-corrected chi connectivity index (χ3v) is 5.74. The van der Waals surface area contributed by atoms with Gasteiger partial charge >= 0.3 is 0 Å². The van der Waals surface area contributed by atoms with E-state index < -0.39 is 10.0 Å². The first-order chi connectivity index (χ1) is 11.4. The molecule has 3 rings (SSSR count). The van der Waals surface area contributed by atoms with Gasteiger partial charge in [0.15, 0.2) is 0 Å². The number of piperazine rings is 1. The van der Waals surface area contributed by atoms with Crippen LogP contribution >= 0.6 is 11.6 Å². The summed E-state index contributed by atoms with van der Waals surface area (Å²) in [6, 6.07) is 5.80. The van der Waals surface area contributed by atoms with Crippen molar-refractivity contribution in [3.05, 3.63) is 41.2 Å². The predicted molar refractivity (Wildman–Crippen MR) is 95.8 cm³/mol. The lowest BCUT2D eigenvalue weighted by Gasteiger charge is -2.34. The molecule has 0 bridgehead atoms. The predicted octanol–water partition coefficient (Wildman–Crippen LogP) is 2.19. The second kappa shape index (κ2) is 6.66. The highest BCUT2D eigenvalue weighted by Crippen LogP contribution is 2.31. The molecule has 2 aromatic rings. The van der Waals surface area contributed by atoms with Crippen LogP contribution in [0.25, 0.3) is 11.3 Å². The van der Waals surface area contributed by atoms with Gasteiger partial charge in [0.05, 0.1) is 17.0 Å². The van der Waals surface area contributed by atoms with Crippen molar-refractivity contribution in [2.24, 2.45) is 0 Å². The zero-order chi connectivity index (χ0) is 17.3. The van der Waals surface area contributed by atoms with Gasteiger partial charge in [-0.2, -0.15) is 4.31 Å². The maximum atomic E-state index is 11.6. The third kappa shape index (κ3) is 3.53. The highest BCUT2D eigenvalue weighted by atomic mass is 35.5. The molecule has 0 aliphatic carbocycles. The van der Waals surface area contributed by atoms with Crippen LogP contribution in [0.3, 0.4) is 0 Å². The van der Waals surface area contributed by atoms with E-state index in [4.69, 9.17) is 11.6 Å². The molecule has 0 unspecified atom stereocenters. The second-order valence-corrected chi connectivity index (χ2v) is 8.23. The van der Waals surface area contributed by atoms with Crippen LogP contribution in [0.5, 0.6) is 0 Å². The molecule has 0 saturated carbocycles. The van der Waals surface area contributed by atoms with Crippen molar-refractivity contribution in [1.29, 1.82) is 0 Å². The van der Waals surface area contributed by atoms with Gasteiger partial charge in [-0.05, 0) is 24.6 Å². The fraction of sp³-hybridized carbons (Fsp3) is 0.375. The van der Waals surface area contributed by atoms with Gasteiger partial charge < -0.3 is 4.90 Å². The zero-order valence-corrected chi connectivity index (χ0v) is 15.2. The van der Waals surface area contributed by atoms with Crippen molar-refractivity contribution in [2.75, 3.05) is 37.3 Å². The highest BCUT2D eigenvalue weighted by Gasteiger charge is 2.24. The smallest absolute Gasteiger partial charge is 0.211 e. The quantitative estimate of drug-likeness (QED) is 0.833. The van der Waals surface area contributed by atoms with E-state index >= 15 is 0 Å². The number of sulfonamides is 1. The maximum Gasteiger partial charge on any atom is 0.211 e. The van der Waals surface area contributed by atoms with Gasteiger partial charge in [-0.3, -0.25) is 4.98 Å². The Labute approximate surface area is 147 Å². The summed E-state index contributed by atoms with van der Waals surface area (Å²) in [4.78, 5) is 10.9. The van der Waals surface area contributed by atoms with Gasteiger partial charge in [0.2, 0.25) is 10.0 Å². The molecule has 2 aromatic heterocycles. The van der Waals surface area contributed by atoms with E-state index in [2.05, 4.69) is 14.9 Å². The lowest BCUT2D eigenvalue weighted by Crippen LogP contribution is -2.48. The van der Waals surface area contributed by atoms with E-state index in [1.54, 1.807) is 12.4 Å². The summed E-state index contributed by atoms with van der Waals surface area (Å²) in [5.74, 6) is 0.785. The van der Waals surface area contributed by atoms with Gasteiger partial charge in [-0.15, -0.1) is 0 Å². The minimum Gasteiger partial charge on any atom is -0.354 e. The average molecular weight is 367 g/mol. The Morgan fingerprint density at radius 3 is 2.50 bits per heavy atom. The first-order valence-corrected chi connectivity index (χ1v) is 9.86. The molecule has 6 nitrogen and oxygen atoms in total. The van der Waals surface area contributed by atoms with Crippen molar-refractivity contribution in [3.63, 3.8) is 0 Å². The Kier molecular flexibility index (Phi) is 4.76. The number of anilines is 1. The van der Waals surface area contributed by atoms with Crippen molar-refractivity contribution in [1.82, 2.24) is 14.3 Å². The molecule has 3 heterocycles. The number of nitrogens with zero attached hydrogens (tertiary/aromatic N) is 4. The summed E-state index contributed by atoms with van der Waals surface area (Å²) in [6.07, 6.45) is 4.61. The molecule has 0 atom stereocenters. The van der Waals surface area contributed by atoms with Crippen LogP contribution in [0, 0.1) is 6.92 Å². The molecule has 1 fully saturated rings. The normalized spacial score (nSPS) is 16.4. The van der Waals surface area contributed by atoms with E-state index in [1.807, 2.05) is 25.1 Å². The van der Waals surface area contributed by atoms with Gasteiger partial charge in [0.1, 0.15) is 5.82 Å². The number of rotatable bonds is 3. The van der Waals surface area contributed by atoms with Gasteiger partial charge in [0.25, 0.3) is 0 Å². The topological polar surface area (TPSA) is 66.4 Å². The molecule has 1 aliphatic rings. The number of hydrogen-bond acceptors (Lipinski definition) is 5.